The van der Waals surface area contributed by atoms with Crippen LogP contribution in [0.1, 0.15) is 27.7 Å². The molecule has 0 aromatic heterocycles. The third-order valence-electron chi connectivity index (χ3n) is 3.92. The summed E-state index contributed by atoms with van der Waals surface area (Å²) in [7, 11) is 0. The summed E-state index contributed by atoms with van der Waals surface area (Å²) < 4.78 is 16.9. The van der Waals surface area contributed by atoms with Gasteiger partial charge < -0.3 is 25.3 Å². The number of ether oxygens (including phenoxy) is 3. The molecule has 0 aromatic carbocycles. The molecule has 1 amide bonds. The van der Waals surface area contributed by atoms with E-state index in [-0.39, 0.29) is 24.0 Å². The highest BCUT2D eigenvalue weighted by molar-refractivity contribution is 5.73. The highest BCUT2D eigenvalue weighted by Gasteiger charge is 2.40. The van der Waals surface area contributed by atoms with E-state index in [1.165, 1.54) is 6.92 Å². The molecule has 6 heteroatoms. The summed E-state index contributed by atoms with van der Waals surface area (Å²) in [6, 6.07) is -0.131. The Morgan fingerprint density at radius 2 is 1.90 bits per heavy atom. The van der Waals surface area contributed by atoms with Crippen molar-refractivity contribution in [3.63, 3.8) is 0 Å². The maximum Gasteiger partial charge on any atom is 0.217 e. The third kappa shape index (κ3) is 5.01. The highest BCUT2D eigenvalue weighted by Crippen LogP contribution is 2.31. The van der Waals surface area contributed by atoms with Crippen LogP contribution in [0.4, 0.5) is 0 Å². The zero-order valence-electron chi connectivity index (χ0n) is 12.9. The molecule has 20 heavy (non-hydrogen) atoms. The van der Waals surface area contributed by atoms with Gasteiger partial charge in [0.25, 0.3) is 0 Å². The molecule has 0 bridgehead atoms. The van der Waals surface area contributed by atoms with Crippen molar-refractivity contribution in [2.24, 2.45) is 17.6 Å². The van der Waals surface area contributed by atoms with Gasteiger partial charge in [-0.1, -0.05) is 13.8 Å². The van der Waals surface area contributed by atoms with Crippen LogP contribution in [-0.4, -0.2) is 50.7 Å². The van der Waals surface area contributed by atoms with Crippen molar-refractivity contribution in [2.75, 3.05) is 26.4 Å². The minimum atomic E-state index is -0.429. The van der Waals surface area contributed by atoms with Gasteiger partial charge in [-0.3, -0.25) is 4.79 Å². The number of amides is 1. The molecule has 0 spiro atoms. The van der Waals surface area contributed by atoms with Crippen LogP contribution in [0, 0.1) is 11.8 Å². The Labute approximate surface area is 121 Å². The quantitative estimate of drug-likeness (QED) is 0.667. The van der Waals surface area contributed by atoms with E-state index >= 15 is 0 Å². The highest BCUT2D eigenvalue weighted by atomic mass is 16.7. The Bertz CT molecular complexity index is 301. The van der Waals surface area contributed by atoms with Gasteiger partial charge in [-0.25, -0.2) is 0 Å². The van der Waals surface area contributed by atoms with Crippen molar-refractivity contribution in [2.45, 2.75) is 46.1 Å². The second kappa shape index (κ2) is 8.56. The van der Waals surface area contributed by atoms with Crippen molar-refractivity contribution < 1.29 is 19.0 Å². The van der Waals surface area contributed by atoms with E-state index in [1.54, 1.807) is 0 Å². The number of hydrogen-bond acceptors (Lipinski definition) is 5. The minimum Gasteiger partial charge on any atom is -0.378 e. The molecule has 1 fully saturated rings. The molecular weight excluding hydrogens is 260 g/mol. The van der Waals surface area contributed by atoms with Gasteiger partial charge in [0.2, 0.25) is 5.91 Å². The van der Waals surface area contributed by atoms with Crippen molar-refractivity contribution in [1.29, 1.82) is 0 Å². The zero-order valence-corrected chi connectivity index (χ0v) is 12.9. The Morgan fingerprint density at radius 1 is 1.20 bits per heavy atom. The normalized spacial score (nSPS) is 34.0. The van der Waals surface area contributed by atoms with Crippen LogP contribution in [0.15, 0.2) is 0 Å². The van der Waals surface area contributed by atoms with E-state index in [2.05, 4.69) is 19.2 Å². The maximum absolute atomic E-state index is 11.3. The molecular formula is C14H28N2O4. The molecule has 1 heterocycles. The van der Waals surface area contributed by atoms with Crippen LogP contribution < -0.4 is 11.1 Å². The Kier molecular flexibility index (Phi) is 7.43. The fourth-order valence-electron chi connectivity index (χ4n) is 2.41. The molecule has 1 rings (SSSR count). The molecule has 118 valence electrons. The van der Waals surface area contributed by atoms with Crippen molar-refractivity contribution in [3.8, 4) is 0 Å². The van der Waals surface area contributed by atoms with Crippen LogP contribution >= 0.6 is 0 Å². The van der Waals surface area contributed by atoms with Crippen molar-refractivity contribution >= 4 is 5.91 Å². The molecule has 6 nitrogen and oxygen atoms in total. The van der Waals surface area contributed by atoms with Gasteiger partial charge in [0.1, 0.15) is 0 Å². The van der Waals surface area contributed by atoms with E-state index in [4.69, 9.17) is 19.9 Å². The molecule has 0 aromatic rings. The minimum absolute atomic E-state index is 0.0693. The van der Waals surface area contributed by atoms with Crippen LogP contribution in [0.25, 0.3) is 0 Å². The van der Waals surface area contributed by atoms with E-state index in [0.717, 1.165) is 0 Å². The predicted octanol–water partition coefficient (Wildman–Crippen LogP) is 0.500. The second-order valence-electron chi connectivity index (χ2n) is 5.43. The number of hydrogen-bond donors (Lipinski definition) is 2. The average Bonchev–Trinajstić information content (AvgIpc) is 2.40. The SMILES string of the molecule is CC(=O)N[C@H]1[C@H](OCCOCCN)O[C@H](C)[C@H](C)[C@@H]1C. The number of carbonyl (C=O) groups is 1. The monoisotopic (exact) mass is 288 g/mol. The lowest BCUT2D eigenvalue weighted by Crippen LogP contribution is -2.57. The first-order valence-corrected chi connectivity index (χ1v) is 7.29. The molecule has 0 aliphatic carbocycles. The lowest BCUT2D eigenvalue weighted by Gasteiger charge is -2.43. The molecule has 0 saturated carbocycles. The summed E-state index contributed by atoms with van der Waals surface area (Å²) in [5, 5.41) is 2.93. The van der Waals surface area contributed by atoms with Gasteiger partial charge in [-0.15, -0.1) is 0 Å². The van der Waals surface area contributed by atoms with Gasteiger partial charge in [-0.05, 0) is 18.8 Å². The molecule has 1 aliphatic heterocycles. The van der Waals surface area contributed by atoms with E-state index < -0.39 is 6.29 Å². The number of nitrogens with two attached hydrogens (primary N) is 1. The van der Waals surface area contributed by atoms with Crippen molar-refractivity contribution in [1.82, 2.24) is 5.32 Å². The zero-order chi connectivity index (χ0) is 15.1. The van der Waals surface area contributed by atoms with Gasteiger partial charge >= 0.3 is 0 Å². The average molecular weight is 288 g/mol. The van der Waals surface area contributed by atoms with Crippen LogP contribution in [0.2, 0.25) is 0 Å². The van der Waals surface area contributed by atoms with Gasteiger partial charge in [0.15, 0.2) is 6.29 Å². The van der Waals surface area contributed by atoms with E-state index in [0.29, 0.717) is 32.3 Å². The maximum atomic E-state index is 11.3. The molecule has 0 radical (unpaired) electrons. The second-order valence-corrected chi connectivity index (χ2v) is 5.43. The standard InChI is InChI=1S/C14H28N2O4/c1-9-10(2)13(16-12(4)17)14(20-11(9)3)19-8-7-18-6-5-15/h9-11,13-14H,5-8,15H2,1-4H3,(H,16,17)/t9-,10+,11-,13-,14-/m1/s1. The Morgan fingerprint density at radius 3 is 2.50 bits per heavy atom. The first kappa shape index (κ1) is 17.4. The van der Waals surface area contributed by atoms with E-state index in [1.807, 2.05) is 6.92 Å². The number of nitrogens with one attached hydrogen (secondary N) is 1. The predicted molar refractivity (Wildman–Crippen MR) is 76.1 cm³/mol. The van der Waals surface area contributed by atoms with Crippen LogP contribution in [0.3, 0.4) is 0 Å². The smallest absolute Gasteiger partial charge is 0.217 e. The fraction of sp³-hybridized carbons (Fsp3) is 0.929. The summed E-state index contributed by atoms with van der Waals surface area (Å²) >= 11 is 0. The summed E-state index contributed by atoms with van der Waals surface area (Å²) in [6.45, 7) is 9.71. The molecule has 0 unspecified atom stereocenters. The summed E-state index contributed by atoms with van der Waals surface area (Å²) in [5.41, 5.74) is 5.34. The summed E-state index contributed by atoms with van der Waals surface area (Å²) in [6.07, 6.45) is -0.327. The topological polar surface area (TPSA) is 82.8 Å². The molecule has 1 aliphatic rings. The number of carbonyl (C=O) groups excluding carboxylic acids is 1. The van der Waals surface area contributed by atoms with E-state index in [9.17, 15) is 4.79 Å². The first-order valence-electron chi connectivity index (χ1n) is 7.29. The Hall–Kier alpha value is -0.690. The first-order chi connectivity index (χ1) is 9.47. The van der Waals surface area contributed by atoms with Gasteiger partial charge in [0.05, 0.1) is 32.0 Å². The lowest BCUT2D eigenvalue weighted by molar-refractivity contribution is -0.234. The Balaban J connectivity index is 2.52. The van der Waals surface area contributed by atoms with Gasteiger partial charge in [-0.2, -0.15) is 0 Å². The number of rotatable bonds is 7. The lowest BCUT2D eigenvalue weighted by atomic mass is 9.82. The van der Waals surface area contributed by atoms with Crippen molar-refractivity contribution in [3.05, 3.63) is 0 Å². The third-order valence-corrected chi connectivity index (χ3v) is 3.92. The molecule has 5 atom stereocenters. The van der Waals surface area contributed by atoms with Crippen LogP contribution in [0.5, 0.6) is 0 Å². The molecule has 1 saturated heterocycles. The fourth-order valence-corrected chi connectivity index (χ4v) is 2.41. The summed E-state index contributed by atoms with van der Waals surface area (Å²) in [4.78, 5) is 11.3. The molecule has 3 N–H and O–H groups in total. The summed E-state index contributed by atoms with van der Waals surface area (Å²) in [5.74, 6) is 0.581. The van der Waals surface area contributed by atoms with Gasteiger partial charge in [0, 0.05) is 13.5 Å². The van der Waals surface area contributed by atoms with Crippen LogP contribution in [-0.2, 0) is 19.0 Å². The largest absolute Gasteiger partial charge is 0.378 e.